The highest BCUT2D eigenvalue weighted by Gasteiger charge is 2.21. The minimum absolute atomic E-state index is 0.0599. The monoisotopic (exact) mass is 427 g/mol. The molecular formula is C22H25N3O4S. The van der Waals surface area contributed by atoms with E-state index < -0.39 is 10.0 Å². The molecule has 1 aromatic heterocycles. The van der Waals surface area contributed by atoms with E-state index in [-0.39, 0.29) is 17.5 Å². The van der Waals surface area contributed by atoms with E-state index in [0.29, 0.717) is 24.1 Å². The first-order chi connectivity index (χ1) is 14.4. The van der Waals surface area contributed by atoms with Crippen LogP contribution in [0.4, 0.5) is 11.7 Å². The van der Waals surface area contributed by atoms with E-state index in [1.165, 1.54) is 5.56 Å². The molecule has 3 aromatic rings. The lowest BCUT2D eigenvalue weighted by atomic mass is 10.1. The molecule has 2 heterocycles. The third kappa shape index (κ3) is 4.72. The molecule has 1 fully saturated rings. The molecule has 0 aliphatic carbocycles. The summed E-state index contributed by atoms with van der Waals surface area (Å²) < 4.78 is 39.3. The molecule has 7 nitrogen and oxygen atoms in total. The second-order valence-corrected chi connectivity index (χ2v) is 9.25. The fraction of sp³-hybridized carbons (Fsp3) is 0.318. The molecule has 0 radical (unpaired) electrons. The predicted molar refractivity (Wildman–Crippen MR) is 115 cm³/mol. The molecule has 158 valence electrons. The molecule has 30 heavy (non-hydrogen) atoms. The minimum atomic E-state index is -3.64. The number of hydrogen-bond donors (Lipinski definition) is 2. The van der Waals surface area contributed by atoms with Crippen LogP contribution in [0.5, 0.6) is 0 Å². The van der Waals surface area contributed by atoms with E-state index in [1.54, 1.807) is 24.4 Å². The smallest absolute Gasteiger partial charge is 0.299 e. The second kappa shape index (κ2) is 8.59. The first-order valence-corrected chi connectivity index (χ1v) is 11.4. The van der Waals surface area contributed by atoms with Crippen molar-refractivity contribution in [1.29, 1.82) is 0 Å². The molecule has 1 aliphatic heterocycles. The van der Waals surface area contributed by atoms with E-state index in [9.17, 15) is 8.42 Å². The molecule has 0 saturated carbocycles. The molecule has 0 bridgehead atoms. The number of sulfonamides is 1. The Labute approximate surface area is 176 Å². The molecule has 2 N–H and O–H groups in total. The number of anilines is 2. The van der Waals surface area contributed by atoms with Gasteiger partial charge in [0.1, 0.15) is 0 Å². The Hall–Kier alpha value is -2.68. The lowest BCUT2D eigenvalue weighted by Crippen LogP contribution is -2.31. The Balaban J connectivity index is 1.50. The molecule has 2 aromatic carbocycles. The zero-order valence-corrected chi connectivity index (χ0v) is 17.8. The van der Waals surface area contributed by atoms with Crippen molar-refractivity contribution in [3.05, 3.63) is 59.8 Å². The average molecular weight is 428 g/mol. The van der Waals surface area contributed by atoms with Crippen LogP contribution < -0.4 is 10.0 Å². The zero-order chi connectivity index (χ0) is 21.1. The summed E-state index contributed by atoms with van der Waals surface area (Å²) in [6.07, 6.45) is 3.42. The third-order valence-corrected chi connectivity index (χ3v) is 6.55. The van der Waals surface area contributed by atoms with Crippen LogP contribution in [-0.4, -0.2) is 32.7 Å². The summed E-state index contributed by atoms with van der Waals surface area (Å²) in [5.74, 6) is 0.636. The molecule has 0 amide bonds. The second-order valence-electron chi connectivity index (χ2n) is 7.48. The average Bonchev–Trinajstić information content (AvgIpc) is 3.41. The molecule has 1 aliphatic rings. The van der Waals surface area contributed by atoms with Gasteiger partial charge in [0, 0.05) is 24.4 Å². The molecular weight excluding hydrogens is 402 g/mol. The Kier molecular flexibility index (Phi) is 5.90. The Bertz CT molecular complexity index is 1120. The number of oxazole rings is 1. The maximum Gasteiger partial charge on any atom is 0.299 e. The van der Waals surface area contributed by atoms with Crippen LogP contribution in [0.1, 0.15) is 24.0 Å². The topological polar surface area (TPSA) is 93.5 Å². The standard InChI is InChI=1S/C22H25N3O4S/c1-15-5-8-17(9-6-15)21-14-23-22(29-21)25-20-12-19(10-7-16(20)2)30(26,27)24-13-18-4-3-11-28-18/h5-10,12,14,18,24H,3-4,11,13H2,1-2H3,(H,23,25). The van der Waals surface area contributed by atoms with Crippen LogP contribution in [0.3, 0.4) is 0 Å². The third-order valence-electron chi connectivity index (χ3n) is 5.13. The molecule has 1 atom stereocenters. The van der Waals surface area contributed by atoms with E-state index in [0.717, 1.165) is 24.0 Å². The minimum Gasteiger partial charge on any atom is -0.423 e. The van der Waals surface area contributed by atoms with Crippen molar-refractivity contribution in [2.45, 2.75) is 37.7 Å². The van der Waals surface area contributed by atoms with Crippen LogP contribution in [0, 0.1) is 13.8 Å². The van der Waals surface area contributed by atoms with E-state index in [1.807, 2.05) is 38.1 Å². The quantitative estimate of drug-likeness (QED) is 0.588. The van der Waals surface area contributed by atoms with Crippen LogP contribution in [0.2, 0.25) is 0 Å². The maximum atomic E-state index is 12.7. The number of aryl methyl sites for hydroxylation is 2. The van der Waals surface area contributed by atoms with Crippen molar-refractivity contribution in [2.24, 2.45) is 0 Å². The first kappa shape index (κ1) is 20.6. The van der Waals surface area contributed by atoms with E-state index in [2.05, 4.69) is 15.0 Å². The summed E-state index contributed by atoms with van der Waals surface area (Å²) in [5.41, 5.74) is 3.58. The first-order valence-electron chi connectivity index (χ1n) is 9.92. The van der Waals surface area contributed by atoms with Gasteiger partial charge in [-0.2, -0.15) is 0 Å². The summed E-state index contributed by atoms with van der Waals surface area (Å²) in [7, 11) is -3.64. The highest BCUT2D eigenvalue weighted by molar-refractivity contribution is 7.89. The van der Waals surface area contributed by atoms with Gasteiger partial charge in [-0.15, -0.1) is 0 Å². The summed E-state index contributed by atoms with van der Waals surface area (Å²) in [5, 5.41) is 3.09. The number of ether oxygens (including phenoxy) is 1. The fourth-order valence-corrected chi connectivity index (χ4v) is 4.38. The summed E-state index contributed by atoms with van der Waals surface area (Å²) >= 11 is 0. The van der Waals surface area contributed by atoms with Crippen molar-refractivity contribution >= 4 is 21.7 Å². The fourth-order valence-electron chi connectivity index (χ4n) is 3.29. The highest BCUT2D eigenvalue weighted by Crippen LogP contribution is 2.27. The largest absolute Gasteiger partial charge is 0.423 e. The number of hydrogen-bond acceptors (Lipinski definition) is 6. The highest BCUT2D eigenvalue weighted by atomic mass is 32.2. The van der Waals surface area contributed by atoms with Gasteiger partial charge in [0.2, 0.25) is 10.0 Å². The van der Waals surface area contributed by atoms with Gasteiger partial charge in [-0.25, -0.2) is 18.1 Å². The predicted octanol–water partition coefficient (Wildman–Crippen LogP) is 4.16. The van der Waals surface area contributed by atoms with Gasteiger partial charge in [-0.3, -0.25) is 0 Å². The number of nitrogens with one attached hydrogen (secondary N) is 2. The van der Waals surface area contributed by atoms with Gasteiger partial charge < -0.3 is 14.5 Å². The number of aromatic nitrogens is 1. The van der Waals surface area contributed by atoms with Gasteiger partial charge in [0.05, 0.1) is 17.2 Å². The van der Waals surface area contributed by atoms with Crippen molar-refractivity contribution < 1.29 is 17.6 Å². The Morgan fingerprint density at radius 1 is 1.13 bits per heavy atom. The van der Waals surface area contributed by atoms with Gasteiger partial charge in [-0.1, -0.05) is 35.9 Å². The Morgan fingerprint density at radius 3 is 2.67 bits per heavy atom. The molecule has 1 saturated heterocycles. The van der Waals surface area contributed by atoms with Crippen molar-refractivity contribution in [3.8, 4) is 11.3 Å². The zero-order valence-electron chi connectivity index (χ0n) is 17.0. The molecule has 1 unspecified atom stereocenters. The lowest BCUT2D eigenvalue weighted by molar-refractivity contribution is 0.114. The molecule has 8 heteroatoms. The SMILES string of the molecule is Cc1ccc(-c2cnc(Nc3cc(S(=O)(=O)NCC4CCCO4)ccc3C)o2)cc1. The molecule has 0 spiro atoms. The summed E-state index contributed by atoms with van der Waals surface area (Å²) in [6.45, 7) is 4.88. The maximum absolute atomic E-state index is 12.7. The number of benzene rings is 2. The summed E-state index contributed by atoms with van der Waals surface area (Å²) in [4.78, 5) is 4.45. The number of nitrogens with zero attached hydrogens (tertiary/aromatic N) is 1. The van der Waals surface area contributed by atoms with Crippen molar-refractivity contribution in [2.75, 3.05) is 18.5 Å². The lowest BCUT2D eigenvalue weighted by Gasteiger charge is -2.13. The van der Waals surface area contributed by atoms with Crippen LogP contribution >= 0.6 is 0 Å². The van der Waals surface area contributed by atoms with Gasteiger partial charge in [0.15, 0.2) is 5.76 Å². The van der Waals surface area contributed by atoms with Crippen molar-refractivity contribution in [3.63, 3.8) is 0 Å². The van der Waals surface area contributed by atoms with Crippen LogP contribution in [-0.2, 0) is 14.8 Å². The van der Waals surface area contributed by atoms with Crippen molar-refractivity contribution in [1.82, 2.24) is 9.71 Å². The van der Waals surface area contributed by atoms with Gasteiger partial charge >= 0.3 is 0 Å². The number of rotatable bonds is 7. The summed E-state index contributed by atoms with van der Waals surface area (Å²) in [6, 6.07) is 13.2. The normalized spacial score (nSPS) is 16.7. The van der Waals surface area contributed by atoms with Crippen LogP contribution in [0.15, 0.2) is 58.0 Å². The van der Waals surface area contributed by atoms with Gasteiger partial charge in [0.25, 0.3) is 6.01 Å². The Morgan fingerprint density at radius 2 is 1.93 bits per heavy atom. The van der Waals surface area contributed by atoms with Crippen LogP contribution in [0.25, 0.3) is 11.3 Å². The molecule has 4 rings (SSSR count). The van der Waals surface area contributed by atoms with Gasteiger partial charge in [-0.05, 0) is 44.4 Å². The van der Waals surface area contributed by atoms with E-state index in [4.69, 9.17) is 9.15 Å². The van der Waals surface area contributed by atoms with E-state index >= 15 is 0 Å².